The predicted octanol–water partition coefficient (Wildman–Crippen LogP) is 5.76. The zero-order chi connectivity index (χ0) is 15.9. The van der Waals surface area contributed by atoms with Crippen LogP contribution in [0.3, 0.4) is 0 Å². The van der Waals surface area contributed by atoms with E-state index < -0.39 is 0 Å². The number of benzene rings is 3. The second kappa shape index (κ2) is 7.61. The van der Waals surface area contributed by atoms with Gasteiger partial charge in [-0.1, -0.05) is 91.0 Å². The monoisotopic (exact) mass is 316 g/mol. The SMILES string of the molecule is O=C(S/C(=C/c1ccccc1)c1ccccc1)c1ccccc1. The number of hydrogen-bond donors (Lipinski definition) is 0. The number of hydrogen-bond acceptors (Lipinski definition) is 2. The molecule has 0 N–H and O–H groups in total. The van der Waals surface area contributed by atoms with E-state index in [4.69, 9.17) is 0 Å². The highest BCUT2D eigenvalue weighted by atomic mass is 32.2. The third-order valence-corrected chi connectivity index (χ3v) is 4.36. The molecule has 0 radical (unpaired) electrons. The van der Waals surface area contributed by atoms with Crippen LogP contribution in [0.15, 0.2) is 91.0 Å². The van der Waals surface area contributed by atoms with Crippen LogP contribution in [-0.4, -0.2) is 5.12 Å². The van der Waals surface area contributed by atoms with Gasteiger partial charge in [0.25, 0.3) is 0 Å². The van der Waals surface area contributed by atoms with Crippen LogP contribution in [0.4, 0.5) is 0 Å². The van der Waals surface area contributed by atoms with Crippen LogP contribution in [0.1, 0.15) is 21.5 Å². The highest BCUT2D eigenvalue weighted by Crippen LogP contribution is 2.32. The molecule has 0 aliphatic heterocycles. The first-order valence-electron chi connectivity index (χ1n) is 7.42. The number of thioether (sulfide) groups is 1. The average Bonchev–Trinajstić information content (AvgIpc) is 2.63. The average molecular weight is 316 g/mol. The van der Waals surface area contributed by atoms with Gasteiger partial charge in [0.1, 0.15) is 0 Å². The molecule has 0 heterocycles. The van der Waals surface area contributed by atoms with Crippen molar-refractivity contribution in [3.8, 4) is 0 Å². The Morgan fingerprint density at radius 3 is 1.70 bits per heavy atom. The van der Waals surface area contributed by atoms with Crippen LogP contribution >= 0.6 is 11.8 Å². The van der Waals surface area contributed by atoms with Gasteiger partial charge >= 0.3 is 0 Å². The maximum atomic E-state index is 12.5. The van der Waals surface area contributed by atoms with Gasteiger partial charge in [-0.15, -0.1) is 0 Å². The summed E-state index contributed by atoms with van der Waals surface area (Å²) >= 11 is 1.27. The van der Waals surface area contributed by atoms with E-state index in [0.717, 1.165) is 16.0 Å². The molecule has 1 nitrogen and oxygen atoms in total. The van der Waals surface area contributed by atoms with Crippen LogP contribution < -0.4 is 0 Å². The fourth-order valence-corrected chi connectivity index (χ4v) is 3.11. The van der Waals surface area contributed by atoms with Crippen molar-refractivity contribution in [1.82, 2.24) is 0 Å². The molecule has 0 saturated carbocycles. The van der Waals surface area contributed by atoms with Crippen molar-refractivity contribution in [1.29, 1.82) is 0 Å². The highest BCUT2D eigenvalue weighted by molar-refractivity contribution is 8.22. The van der Waals surface area contributed by atoms with E-state index in [0.29, 0.717) is 5.56 Å². The highest BCUT2D eigenvalue weighted by Gasteiger charge is 2.11. The molecule has 0 saturated heterocycles. The molecular weight excluding hydrogens is 300 g/mol. The van der Waals surface area contributed by atoms with Gasteiger partial charge in [0.2, 0.25) is 5.12 Å². The Kier molecular flexibility index (Phi) is 5.07. The third kappa shape index (κ3) is 4.21. The van der Waals surface area contributed by atoms with Crippen LogP contribution in [0, 0.1) is 0 Å². The molecule has 2 heteroatoms. The Morgan fingerprint density at radius 2 is 1.13 bits per heavy atom. The van der Waals surface area contributed by atoms with E-state index in [-0.39, 0.29) is 5.12 Å². The molecule has 0 bridgehead atoms. The van der Waals surface area contributed by atoms with E-state index in [1.165, 1.54) is 11.8 Å². The van der Waals surface area contributed by atoms with E-state index in [1.54, 1.807) is 0 Å². The van der Waals surface area contributed by atoms with E-state index in [9.17, 15) is 4.79 Å². The van der Waals surface area contributed by atoms with Gasteiger partial charge in [-0.05, 0) is 29.0 Å². The Morgan fingerprint density at radius 1 is 0.652 bits per heavy atom. The molecule has 3 aromatic carbocycles. The lowest BCUT2D eigenvalue weighted by Crippen LogP contribution is -1.93. The van der Waals surface area contributed by atoms with Gasteiger partial charge in [-0.3, -0.25) is 4.79 Å². The van der Waals surface area contributed by atoms with Gasteiger partial charge < -0.3 is 0 Å². The fraction of sp³-hybridized carbons (Fsp3) is 0. The topological polar surface area (TPSA) is 17.1 Å². The number of carbonyl (C=O) groups excluding carboxylic acids is 1. The Bertz CT molecular complexity index is 793. The molecule has 3 rings (SSSR count). The summed E-state index contributed by atoms with van der Waals surface area (Å²) in [7, 11) is 0. The Balaban J connectivity index is 1.93. The number of rotatable bonds is 4. The summed E-state index contributed by atoms with van der Waals surface area (Å²) in [5.41, 5.74) is 2.85. The second-order valence-corrected chi connectivity index (χ2v) is 6.06. The lowest BCUT2D eigenvalue weighted by atomic mass is 10.1. The zero-order valence-electron chi connectivity index (χ0n) is 12.6. The Labute approximate surface area is 140 Å². The maximum Gasteiger partial charge on any atom is 0.224 e. The van der Waals surface area contributed by atoms with Gasteiger partial charge in [0.05, 0.1) is 0 Å². The molecule has 23 heavy (non-hydrogen) atoms. The lowest BCUT2D eigenvalue weighted by molar-refractivity contribution is 0.109. The maximum absolute atomic E-state index is 12.5. The molecule has 0 atom stereocenters. The molecule has 0 aromatic heterocycles. The minimum atomic E-state index is 0.0524. The van der Waals surface area contributed by atoms with Gasteiger partial charge in [0, 0.05) is 10.5 Å². The molecular formula is C21H16OS. The van der Waals surface area contributed by atoms with E-state index in [2.05, 4.69) is 6.08 Å². The minimum absolute atomic E-state index is 0.0524. The van der Waals surface area contributed by atoms with Crippen molar-refractivity contribution in [3.63, 3.8) is 0 Å². The summed E-state index contributed by atoms with van der Waals surface area (Å²) in [5.74, 6) is 0. The smallest absolute Gasteiger partial charge is 0.224 e. The summed E-state index contributed by atoms with van der Waals surface area (Å²) in [5, 5.41) is 0.0524. The van der Waals surface area contributed by atoms with Crippen molar-refractivity contribution in [2.24, 2.45) is 0 Å². The largest absolute Gasteiger partial charge is 0.281 e. The molecule has 0 unspecified atom stereocenters. The summed E-state index contributed by atoms with van der Waals surface area (Å²) in [6, 6.07) is 29.5. The molecule has 0 aliphatic rings. The zero-order valence-corrected chi connectivity index (χ0v) is 13.4. The summed E-state index contributed by atoms with van der Waals surface area (Å²) in [6.07, 6.45) is 2.06. The second-order valence-electron chi connectivity index (χ2n) is 5.04. The first kappa shape index (κ1) is 15.3. The lowest BCUT2D eigenvalue weighted by Gasteiger charge is -2.07. The predicted molar refractivity (Wildman–Crippen MR) is 99.1 cm³/mol. The quantitative estimate of drug-likeness (QED) is 0.569. The normalized spacial score (nSPS) is 11.2. The van der Waals surface area contributed by atoms with Gasteiger partial charge in [0.15, 0.2) is 0 Å². The summed E-state index contributed by atoms with van der Waals surface area (Å²) in [4.78, 5) is 13.5. The van der Waals surface area contributed by atoms with Crippen molar-refractivity contribution in [2.75, 3.05) is 0 Å². The summed E-state index contributed by atoms with van der Waals surface area (Å²) < 4.78 is 0. The van der Waals surface area contributed by atoms with Crippen molar-refractivity contribution in [2.45, 2.75) is 0 Å². The first-order valence-corrected chi connectivity index (χ1v) is 8.24. The molecule has 3 aromatic rings. The van der Waals surface area contributed by atoms with E-state index >= 15 is 0 Å². The van der Waals surface area contributed by atoms with Crippen molar-refractivity contribution >= 4 is 27.9 Å². The van der Waals surface area contributed by atoms with E-state index in [1.807, 2.05) is 91.0 Å². The Hall–Kier alpha value is -2.58. The fourth-order valence-electron chi connectivity index (χ4n) is 2.21. The van der Waals surface area contributed by atoms with Crippen LogP contribution in [0.25, 0.3) is 11.0 Å². The molecule has 0 amide bonds. The van der Waals surface area contributed by atoms with Crippen molar-refractivity contribution in [3.05, 3.63) is 108 Å². The third-order valence-electron chi connectivity index (χ3n) is 3.37. The number of carbonyl (C=O) groups is 1. The van der Waals surface area contributed by atoms with Crippen LogP contribution in [0.5, 0.6) is 0 Å². The standard InChI is InChI=1S/C21H16OS/c22-21(19-14-8-3-9-15-19)23-20(18-12-6-2-7-13-18)16-17-10-4-1-5-11-17/h1-16H/b20-16+. The molecule has 0 fully saturated rings. The first-order chi connectivity index (χ1) is 11.3. The van der Waals surface area contributed by atoms with Crippen molar-refractivity contribution < 1.29 is 4.79 Å². The van der Waals surface area contributed by atoms with Gasteiger partial charge in [-0.2, -0.15) is 0 Å². The van der Waals surface area contributed by atoms with Gasteiger partial charge in [-0.25, -0.2) is 0 Å². The minimum Gasteiger partial charge on any atom is -0.281 e. The van der Waals surface area contributed by atoms with Crippen LogP contribution in [0.2, 0.25) is 0 Å². The molecule has 0 aliphatic carbocycles. The summed E-state index contributed by atoms with van der Waals surface area (Å²) in [6.45, 7) is 0. The van der Waals surface area contributed by atoms with Crippen LogP contribution in [-0.2, 0) is 0 Å². The molecule has 0 spiro atoms. The molecule has 112 valence electrons.